The summed E-state index contributed by atoms with van der Waals surface area (Å²) in [4.78, 5) is 12.0. The number of rotatable bonds is 10. The third kappa shape index (κ3) is 7.15. The molecule has 6 heteroatoms. The van der Waals surface area contributed by atoms with Crippen LogP contribution in [0, 0.1) is 6.92 Å². The van der Waals surface area contributed by atoms with Gasteiger partial charge in [-0.1, -0.05) is 18.2 Å². The van der Waals surface area contributed by atoms with Crippen molar-refractivity contribution in [3.63, 3.8) is 0 Å². The van der Waals surface area contributed by atoms with Crippen LogP contribution in [0.4, 0.5) is 0 Å². The molecule has 0 aliphatic carbocycles. The molecule has 0 aliphatic rings. The molecule has 0 heterocycles. The number of hydrogen-bond donors (Lipinski definition) is 3. The molecule has 1 atom stereocenters. The number of carbonyl (C=O) groups is 1. The minimum absolute atomic E-state index is 0.0214. The number of hydrogen-bond acceptors (Lipinski definition) is 6. The summed E-state index contributed by atoms with van der Waals surface area (Å²) in [6.45, 7) is 6.70. The molecule has 0 amide bonds. The number of aliphatic hydroxyl groups is 1. The summed E-state index contributed by atoms with van der Waals surface area (Å²) in [5.41, 5.74) is 9.61. The number of allylic oxidation sites excluding steroid dienone is 1. The number of ether oxygens (including phenoxy) is 1. The Morgan fingerprint density at radius 3 is 2.72 bits per heavy atom. The normalized spacial score (nSPS) is 12.8. The molecule has 140 valence electrons. The maximum Gasteiger partial charge on any atom is 0.306 e. The fourth-order valence-corrected chi connectivity index (χ4v) is 2.63. The van der Waals surface area contributed by atoms with Crippen molar-refractivity contribution in [2.75, 3.05) is 13.2 Å². The van der Waals surface area contributed by atoms with E-state index in [9.17, 15) is 9.90 Å². The van der Waals surface area contributed by atoms with Gasteiger partial charge in [-0.25, -0.2) is 5.84 Å². The third-order valence-corrected chi connectivity index (χ3v) is 4.21. The minimum atomic E-state index is -0.227. The maximum absolute atomic E-state index is 12.0. The Balaban J connectivity index is 2.93. The van der Waals surface area contributed by atoms with Gasteiger partial charge in [0.15, 0.2) is 0 Å². The summed E-state index contributed by atoms with van der Waals surface area (Å²) in [5.74, 6) is 5.49. The molecule has 1 rings (SSSR count). The molecule has 1 aromatic carbocycles. The number of benzene rings is 1. The highest BCUT2D eigenvalue weighted by Gasteiger charge is 2.18. The fraction of sp³-hybridized carbons (Fsp3) is 0.526. The number of hydrazine groups is 1. The van der Waals surface area contributed by atoms with Gasteiger partial charge in [0.2, 0.25) is 0 Å². The second kappa shape index (κ2) is 10.7. The number of aliphatic hydroxyl groups excluding tert-OH is 1. The molecular formula is C19H31N3O3. The van der Waals surface area contributed by atoms with Crippen molar-refractivity contribution in [1.82, 2.24) is 5.01 Å². The lowest BCUT2D eigenvalue weighted by atomic mass is 9.88. The Hall–Kier alpha value is -2.05. The molecule has 0 bridgehead atoms. The number of esters is 1. The SMILES string of the molecule is CCOC(=O)CC(CC/C(N)=C/N(N)CC)c1ccc(C)c(CO)c1. The van der Waals surface area contributed by atoms with Gasteiger partial charge in [0, 0.05) is 18.4 Å². The largest absolute Gasteiger partial charge is 0.466 e. The van der Waals surface area contributed by atoms with E-state index in [-0.39, 0.29) is 24.9 Å². The summed E-state index contributed by atoms with van der Waals surface area (Å²) in [6, 6.07) is 5.93. The molecular weight excluding hydrogens is 318 g/mol. The number of nitrogens with two attached hydrogens (primary N) is 2. The van der Waals surface area contributed by atoms with Crippen molar-refractivity contribution in [2.24, 2.45) is 11.6 Å². The number of aryl methyl sites for hydroxylation is 1. The Kier molecular flexibility index (Phi) is 9.02. The van der Waals surface area contributed by atoms with Crippen LogP contribution in [0.25, 0.3) is 0 Å². The average molecular weight is 349 g/mol. The third-order valence-electron chi connectivity index (χ3n) is 4.21. The van der Waals surface area contributed by atoms with Gasteiger partial charge in [0.05, 0.1) is 19.6 Å². The van der Waals surface area contributed by atoms with Gasteiger partial charge < -0.3 is 20.6 Å². The first kappa shape index (κ1) is 21.0. The summed E-state index contributed by atoms with van der Waals surface area (Å²) in [6.07, 6.45) is 3.33. The first-order valence-corrected chi connectivity index (χ1v) is 8.74. The van der Waals surface area contributed by atoms with E-state index in [2.05, 4.69) is 0 Å². The van der Waals surface area contributed by atoms with Gasteiger partial charge in [-0.2, -0.15) is 0 Å². The van der Waals surface area contributed by atoms with E-state index in [0.717, 1.165) is 16.7 Å². The average Bonchev–Trinajstić information content (AvgIpc) is 2.59. The van der Waals surface area contributed by atoms with E-state index in [1.54, 1.807) is 13.1 Å². The molecule has 0 aromatic heterocycles. The zero-order valence-electron chi connectivity index (χ0n) is 15.5. The lowest BCUT2D eigenvalue weighted by Gasteiger charge is -2.19. The molecule has 0 fully saturated rings. The van der Waals surface area contributed by atoms with Crippen LogP contribution in [0.15, 0.2) is 30.1 Å². The summed E-state index contributed by atoms with van der Waals surface area (Å²) < 4.78 is 5.10. The summed E-state index contributed by atoms with van der Waals surface area (Å²) >= 11 is 0. The smallest absolute Gasteiger partial charge is 0.306 e. The van der Waals surface area contributed by atoms with Crippen molar-refractivity contribution >= 4 is 5.97 Å². The first-order chi connectivity index (χ1) is 11.9. The van der Waals surface area contributed by atoms with Gasteiger partial charge >= 0.3 is 5.97 Å². The monoisotopic (exact) mass is 349 g/mol. The first-order valence-electron chi connectivity index (χ1n) is 8.74. The Bertz CT molecular complexity index is 587. The van der Waals surface area contributed by atoms with Crippen LogP contribution >= 0.6 is 0 Å². The highest BCUT2D eigenvalue weighted by Crippen LogP contribution is 2.28. The minimum Gasteiger partial charge on any atom is -0.466 e. The van der Waals surface area contributed by atoms with Crippen LogP contribution in [0.1, 0.15) is 55.7 Å². The molecule has 1 unspecified atom stereocenters. The molecule has 0 saturated heterocycles. The highest BCUT2D eigenvalue weighted by molar-refractivity contribution is 5.70. The topological polar surface area (TPSA) is 102 Å². The second-order valence-corrected chi connectivity index (χ2v) is 6.12. The van der Waals surface area contributed by atoms with E-state index in [4.69, 9.17) is 16.3 Å². The summed E-state index contributed by atoms with van der Waals surface area (Å²) in [7, 11) is 0. The molecule has 0 aliphatic heterocycles. The quantitative estimate of drug-likeness (QED) is 0.340. The van der Waals surface area contributed by atoms with E-state index in [0.29, 0.717) is 31.7 Å². The van der Waals surface area contributed by atoms with E-state index >= 15 is 0 Å². The predicted molar refractivity (Wildman–Crippen MR) is 99.2 cm³/mol. The van der Waals surface area contributed by atoms with E-state index in [1.807, 2.05) is 32.0 Å². The van der Waals surface area contributed by atoms with Crippen LogP contribution in [0.3, 0.4) is 0 Å². The molecule has 0 saturated carbocycles. The van der Waals surface area contributed by atoms with Crippen molar-refractivity contribution in [3.05, 3.63) is 46.8 Å². The Morgan fingerprint density at radius 1 is 1.40 bits per heavy atom. The molecule has 0 radical (unpaired) electrons. The van der Waals surface area contributed by atoms with Crippen LogP contribution in [0.5, 0.6) is 0 Å². The van der Waals surface area contributed by atoms with Crippen LogP contribution in [-0.2, 0) is 16.1 Å². The van der Waals surface area contributed by atoms with Crippen molar-refractivity contribution in [2.45, 2.75) is 52.6 Å². The zero-order valence-corrected chi connectivity index (χ0v) is 15.5. The van der Waals surface area contributed by atoms with E-state index in [1.165, 1.54) is 5.01 Å². The van der Waals surface area contributed by atoms with E-state index < -0.39 is 0 Å². The lowest BCUT2D eigenvalue weighted by Crippen LogP contribution is -2.26. The predicted octanol–water partition coefficient (Wildman–Crippen LogP) is 2.30. The van der Waals surface area contributed by atoms with Crippen LogP contribution in [-0.4, -0.2) is 29.2 Å². The summed E-state index contributed by atoms with van der Waals surface area (Å²) in [5, 5.41) is 11.0. The van der Waals surface area contributed by atoms with Crippen molar-refractivity contribution in [1.29, 1.82) is 0 Å². The molecule has 1 aromatic rings. The van der Waals surface area contributed by atoms with Gasteiger partial charge in [-0.3, -0.25) is 4.79 Å². The maximum atomic E-state index is 12.0. The number of nitrogens with zero attached hydrogens (tertiary/aromatic N) is 1. The second-order valence-electron chi connectivity index (χ2n) is 6.12. The van der Waals surface area contributed by atoms with Gasteiger partial charge in [0.25, 0.3) is 0 Å². The Morgan fingerprint density at radius 2 is 2.12 bits per heavy atom. The van der Waals surface area contributed by atoms with Crippen molar-refractivity contribution < 1.29 is 14.6 Å². The molecule has 0 spiro atoms. The van der Waals surface area contributed by atoms with Gasteiger partial charge in [0.1, 0.15) is 0 Å². The van der Waals surface area contributed by atoms with Gasteiger partial charge in [-0.05, 0) is 56.2 Å². The number of carbonyl (C=O) groups excluding carboxylic acids is 1. The molecule has 5 N–H and O–H groups in total. The van der Waals surface area contributed by atoms with Crippen LogP contribution < -0.4 is 11.6 Å². The molecule has 6 nitrogen and oxygen atoms in total. The standard InChI is InChI=1S/C19H31N3O3/c1-4-22(21)12-18(20)9-8-16(11-19(24)25-5-2)15-7-6-14(3)17(10-15)13-23/h6-7,10,12,16,23H,4-5,8-9,11,13,20-21H2,1-3H3/b18-12-. The fourth-order valence-electron chi connectivity index (χ4n) is 2.63. The highest BCUT2D eigenvalue weighted by atomic mass is 16.5. The Labute approximate surface area is 150 Å². The molecule has 25 heavy (non-hydrogen) atoms. The zero-order chi connectivity index (χ0) is 18.8. The van der Waals surface area contributed by atoms with Gasteiger partial charge in [-0.15, -0.1) is 0 Å². The lowest BCUT2D eigenvalue weighted by molar-refractivity contribution is -0.143. The van der Waals surface area contributed by atoms with Crippen molar-refractivity contribution in [3.8, 4) is 0 Å². The van der Waals surface area contributed by atoms with Crippen LogP contribution in [0.2, 0.25) is 0 Å².